The number of H-pyrrole nitrogens is 1. The van der Waals surface area contributed by atoms with E-state index in [1.165, 1.54) is 12.1 Å². The maximum atomic E-state index is 13.3. The molecule has 1 atom stereocenters. The standard InChI is InChI=1S/C19H23FN6O/c1-25-8-6-17(24-25)23-19(27)12-26-7-2-3-13(11-26)9-18-21-15-5-4-14(20)10-16(15)22-18/h4-6,8,10,13H,2-3,7,9,11-12H2,1H3,(H,21,22)(H,23,24,27)/t13-/m1/s1. The minimum absolute atomic E-state index is 0.0476. The minimum atomic E-state index is -0.263. The van der Waals surface area contributed by atoms with Gasteiger partial charge in [0, 0.05) is 32.3 Å². The van der Waals surface area contributed by atoms with Crippen LogP contribution in [-0.4, -0.2) is 50.2 Å². The summed E-state index contributed by atoms with van der Waals surface area (Å²) in [6.07, 6.45) is 4.75. The third kappa shape index (κ3) is 4.33. The third-order valence-corrected chi connectivity index (χ3v) is 4.93. The molecular weight excluding hydrogens is 347 g/mol. The molecule has 0 unspecified atom stereocenters. The molecule has 8 heteroatoms. The van der Waals surface area contributed by atoms with E-state index in [0.29, 0.717) is 18.3 Å². The number of aromatic amines is 1. The number of carbonyl (C=O) groups is 1. The number of fused-ring (bicyclic) bond motifs is 1. The molecule has 0 radical (unpaired) electrons. The molecule has 1 aliphatic heterocycles. The second-order valence-electron chi connectivity index (χ2n) is 7.22. The van der Waals surface area contributed by atoms with E-state index in [1.807, 2.05) is 7.05 Å². The summed E-state index contributed by atoms with van der Waals surface area (Å²) in [7, 11) is 1.82. The molecule has 27 heavy (non-hydrogen) atoms. The van der Waals surface area contributed by atoms with Crippen LogP contribution in [0.2, 0.25) is 0 Å². The molecule has 1 amide bonds. The van der Waals surface area contributed by atoms with E-state index >= 15 is 0 Å². The highest BCUT2D eigenvalue weighted by Gasteiger charge is 2.23. The number of benzene rings is 1. The predicted octanol–water partition coefficient (Wildman–Crippen LogP) is 2.33. The zero-order chi connectivity index (χ0) is 18.8. The maximum Gasteiger partial charge on any atom is 0.239 e. The first-order valence-electron chi connectivity index (χ1n) is 9.21. The number of halogens is 1. The number of hydrogen-bond donors (Lipinski definition) is 2. The number of piperidine rings is 1. The first-order chi connectivity index (χ1) is 13.0. The highest BCUT2D eigenvalue weighted by atomic mass is 19.1. The molecule has 1 aliphatic rings. The monoisotopic (exact) mass is 370 g/mol. The SMILES string of the molecule is Cn1ccc(NC(=O)CN2CCC[C@H](Cc3nc4ccc(F)cc4[nH]3)C2)n1. The number of nitrogens with one attached hydrogen (secondary N) is 2. The van der Waals surface area contributed by atoms with Crippen LogP contribution in [0.5, 0.6) is 0 Å². The van der Waals surface area contributed by atoms with Gasteiger partial charge in [-0.3, -0.25) is 14.4 Å². The Kier molecular flexibility index (Phi) is 4.89. The molecule has 7 nitrogen and oxygen atoms in total. The average Bonchev–Trinajstić information content (AvgIpc) is 3.20. The number of likely N-dealkylation sites (tertiary alicyclic amines) is 1. The lowest BCUT2D eigenvalue weighted by Gasteiger charge is -2.31. The molecule has 0 saturated carbocycles. The smallest absolute Gasteiger partial charge is 0.239 e. The molecule has 0 spiro atoms. The van der Waals surface area contributed by atoms with Gasteiger partial charge in [-0.2, -0.15) is 5.10 Å². The average molecular weight is 370 g/mol. The van der Waals surface area contributed by atoms with E-state index in [4.69, 9.17) is 0 Å². The highest BCUT2D eigenvalue weighted by Crippen LogP contribution is 2.21. The van der Waals surface area contributed by atoms with Gasteiger partial charge < -0.3 is 10.3 Å². The van der Waals surface area contributed by atoms with Gasteiger partial charge >= 0.3 is 0 Å². The second kappa shape index (κ2) is 7.48. The Hall–Kier alpha value is -2.74. The Morgan fingerprint density at radius 3 is 3.11 bits per heavy atom. The van der Waals surface area contributed by atoms with Crippen LogP contribution in [0.4, 0.5) is 10.2 Å². The number of imidazole rings is 1. The number of carbonyl (C=O) groups excluding carboxylic acids is 1. The lowest BCUT2D eigenvalue weighted by atomic mass is 9.94. The first-order valence-corrected chi connectivity index (χ1v) is 9.21. The summed E-state index contributed by atoms with van der Waals surface area (Å²) in [5.74, 6) is 1.56. The quantitative estimate of drug-likeness (QED) is 0.723. The Morgan fingerprint density at radius 2 is 2.30 bits per heavy atom. The fourth-order valence-electron chi connectivity index (χ4n) is 3.73. The fourth-order valence-corrected chi connectivity index (χ4v) is 3.73. The van der Waals surface area contributed by atoms with Gasteiger partial charge in [-0.05, 0) is 43.5 Å². The summed E-state index contributed by atoms with van der Waals surface area (Å²) in [6.45, 7) is 2.12. The molecular formula is C19H23FN6O. The van der Waals surface area contributed by atoms with Gasteiger partial charge in [-0.1, -0.05) is 0 Å². The summed E-state index contributed by atoms with van der Waals surface area (Å²) in [5, 5.41) is 7.00. The van der Waals surface area contributed by atoms with Crippen molar-refractivity contribution in [2.45, 2.75) is 19.3 Å². The minimum Gasteiger partial charge on any atom is -0.342 e. The van der Waals surface area contributed by atoms with E-state index in [2.05, 4.69) is 25.3 Å². The number of aromatic nitrogens is 4. The van der Waals surface area contributed by atoms with Crippen LogP contribution in [0, 0.1) is 11.7 Å². The second-order valence-corrected chi connectivity index (χ2v) is 7.22. The number of aryl methyl sites for hydroxylation is 1. The molecule has 1 saturated heterocycles. The van der Waals surface area contributed by atoms with Gasteiger partial charge in [0.2, 0.25) is 5.91 Å². The van der Waals surface area contributed by atoms with Crippen molar-refractivity contribution in [3.63, 3.8) is 0 Å². The van der Waals surface area contributed by atoms with Crippen LogP contribution in [0.15, 0.2) is 30.5 Å². The number of nitrogens with zero attached hydrogens (tertiary/aromatic N) is 4. The molecule has 4 rings (SSSR count). The number of hydrogen-bond acceptors (Lipinski definition) is 4. The van der Waals surface area contributed by atoms with Crippen molar-refractivity contribution in [1.29, 1.82) is 0 Å². The summed E-state index contributed by atoms with van der Waals surface area (Å²) >= 11 is 0. The molecule has 0 bridgehead atoms. The summed E-state index contributed by atoms with van der Waals surface area (Å²) in [5.41, 5.74) is 1.52. The lowest BCUT2D eigenvalue weighted by Crippen LogP contribution is -2.41. The number of amides is 1. The molecule has 1 aromatic carbocycles. The summed E-state index contributed by atoms with van der Waals surface area (Å²) < 4.78 is 15.0. The third-order valence-electron chi connectivity index (χ3n) is 4.93. The van der Waals surface area contributed by atoms with Crippen molar-refractivity contribution in [1.82, 2.24) is 24.6 Å². The van der Waals surface area contributed by atoms with Crippen molar-refractivity contribution in [2.75, 3.05) is 25.0 Å². The Morgan fingerprint density at radius 1 is 1.41 bits per heavy atom. The Bertz CT molecular complexity index is 949. The Labute approximate surface area is 156 Å². The largest absolute Gasteiger partial charge is 0.342 e. The fraction of sp³-hybridized carbons (Fsp3) is 0.421. The zero-order valence-corrected chi connectivity index (χ0v) is 15.3. The van der Waals surface area contributed by atoms with E-state index in [9.17, 15) is 9.18 Å². The van der Waals surface area contributed by atoms with E-state index < -0.39 is 0 Å². The van der Waals surface area contributed by atoms with Gasteiger partial charge in [0.1, 0.15) is 11.6 Å². The molecule has 1 fully saturated rings. The molecule has 2 N–H and O–H groups in total. The van der Waals surface area contributed by atoms with Crippen molar-refractivity contribution in [3.05, 3.63) is 42.1 Å². The van der Waals surface area contributed by atoms with Gasteiger partial charge in [0.25, 0.3) is 0 Å². The van der Waals surface area contributed by atoms with Crippen LogP contribution in [-0.2, 0) is 18.3 Å². The molecule has 3 aromatic rings. The molecule has 3 heterocycles. The topological polar surface area (TPSA) is 78.8 Å². The van der Waals surface area contributed by atoms with Crippen molar-refractivity contribution >= 4 is 22.8 Å². The van der Waals surface area contributed by atoms with Gasteiger partial charge in [0.05, 0.1) is 17.6 Å². The van der Waals surface area contributed by atoms with Crippen molar-refractivity contribution in [3.8, 4) is 0 Å². The first kappa shape index (κ1) is 17.7. The highest BCUT2D eigenvalue weighted by molar-refractivity contribution is 5.91. The summed E-state index contributed by atoms with van der Waals surface area (Å²) in [6, 6.07) is 6.37. The van der Waals surface area contributed by atoms with Gasteiger partial charge in [-0.25, -0.2) is 9.37 Å². The van der Waals surface area contributed by atoms with Crippen LogP contribution in [0.3, 0.4) is 0 Å². The molecule has 2 aromatic heterocycles. The van der Waals surface area contributed by atoms with Crippen molar-refractivity contribution < 1.29 is 9.18 Å². The van der Waals surface area contributed by atoms with Crippen LogP contribution in [0.25, 0.3) is 11.0 Å². The lowest BCUT2D eigenvalue weighted by molar-refractivity contribution is -0.117. The maximum absolute atomic E-state index is 13.3. The van der Waals surface area contributed by atoms with Gasteiger partial charge in [0.15, 0.2) is 5.82 Å². The van der Waals surface area contributed by atoms with Crippen LogP contribution >= 0.6 is 0 Å². The number of anilines is 1. The van der Waals surface area contributed by atoms with E-state index in [1.54, 1.807) is 23.0 Å². The van der Waals surface area contributed by atoms with Crippen LogP contribution in [0.1, 0.15) is 18.7 Å². The van der Waals surface area contributed by atoms with Crippen LogP contribution < -0.4 is 5.32 Å². The summed E-state index contributed by atoms with van der Waals surface area (Å²) in [4.78, 5) is 22.2. The van der Waals surface area contributed by atoms with Gasteiger partial charge in [-0.15, -0.1) is 0 Å². The molecule has 142 valence electrons. The van der Waals surface area contributed by atoms with E-state index in [-0.39, 0.29) is 11.7 Å². The zero-order valence-electron chi connectivity index (χ0n) is 15.3. The normalized spacial score (nSPS) is 18.1. The van der Waals surface area contributed by atoms with E-state index in [0.717, 1.165) is 49.2 Å². The predicted molar refractivity (Wildman–Crippen MR) is 101 cm³/mol. The number of rotatable bonds is 5. The molecule has 0 aliphatic carbocycles. The van der Waals surface area contributed by atoms with Crippen molar-refractivity contribution in [2.24, 2.45) is 13.0 Å². The Balaban J connectivity index is 1.33.